The molecule has 0 spiro atoms. The molecule has 0 saturated carbocycles. The van der Waals surface area contributed by atoms with Crippen LogP contribution in [0.1, 0.15) is 23.2 Å². The van der Waals surface area contributed by atoms with E-state index in [0.717, 1.165) is 6.07 Å². The first-order valence-corrected chi connectivity index (χ1v) is 7.16. The minimum Gasteiger partial charge on any atom is -0.349 e. The van der Waals surface area contributed by atoms with Gasteiger partial charge in [0, 0.05) is 28.3 Å². The molecule has 0 atom stereocenters. The second-order valence-corrected chi connectivity index (χ2v) is 5.89. The molecule has 1 saturated heterocycles. The first kappa shape index (κ1) is 13.1. The van der Waals surface area contributed by atoms with E-state index >= 15 is 0 Å². The van der Waals surface area contributed by atoms with E-state index in [1.807, 2.05) is 0 Å². The van der Waals surface area contributed by atoms with Crippen molar-refractivity contribution in [1.29, 1.82) is 0 Å². The van der Waals surface area contributed by atoms with Gasteiger partial charge in [0.25, 0.3) is 5.91 Å². The van der Waals surface area contributed by atoms with Gasteiger partial charge in [0.15, 0.2) is 11.6 Å². The van der Waals surface area contributed by atoms with Gasteiger partial charge in [0.2, 0.25) is 0 Å². The van der Waals surface area contributed by atoms with Gasteiger partial charge in [-0.15, -0.1) is 0 Å². The highest BCUT2D eigenvalue weighted by Gasteiger charge is 2.22. The van der Waals surface area contributed by atoms with E-state index in [9.17, 15) is 17.8 Å². The van der Waals surface area contributed by atoms with Crippen molar-refractivity contribution >= 4 is 16.7 Å². The number of carbonyl (C=O) groups is 1. The van der Waals surface area contributed by atoms with Crippen LogP contribution in [0.3, 0.4) is 0 Å². The predicted molar refractivity (Wildman–Crippen MR) is 64.7 cm³/mol. The van der Waals surface area contributed by atoms with Crippen LogP contribution in [0.4, 0.5) is 8.78 Å². The van der Waals surface area contributed by atoms with Gasteiger partial charge in [-0.05, 0) is 25.0 Å². The molecule has 6 heteroatoms. The Hall–Kier alpha value is -1.30. The quantitative estimate of drug-likeness (QED) is 0.889. The lowest BCUT2D eigenvalue weighted by Crippen LogP contribution is -2.39. The van der Waals surface area contributed by atoms with Crippen molar-refractivity contribution in [3.8, 4) is 0 Å². The molecule has 2 rings (SSSR count). The fourth-order valence-electron chi connectivity index (χ4n) is 1.88. The van der Waals surface area contributed by atoms with Gasteiger partial charge in [-0.1, -0.05) is 6.07 Å². The third-order valence-electron chi connectivity index (χ3n) is 2.92. The fraction of sp³-hybridized carbons (Fsp3) is 0.417. The van der Waals surface area contributed by atoms with E-state index in [1.165, 1.54) is 12.1 Å². The molecule has 3 nitrogen and oxygen atoms in total. The zero-order valence-corrected chi connectivity index (χ0v) is 10.4. The summed E-state index contributed by atoms with van der Waals surface area (Å²) in [7, 11) is -0.814. The summed E-state index contributed by atoms with van der Waals surface area (Å²) in [6, 6.07) is 3.39. The van der Waals surface area contributed by atoms with Crippen molar-refractivity contribution in [2.24, 2.45) is 0 Å². The molecule has 1 fully saturated rings. The molecule has 0 radical (unpaired) electrons. The summed E-state index contributed by atoms with van der Waals surface area (Å²) in [4.78, 5) is 11.8. The monoisotopic (exact) mass is 273 g/mol. The van der Waals surface area contributed by atoms with Crippen molar-refractivity contribution in [3.63, 3.8) is 0 Å². The van der Waals surface area contributed by atoms with Crippen LogP contribution in [0.25, 0.3) is 0 Å². The third-order valence-corrected chi connectivity index (χ3v) is 4.30. The first-order chi connectivity index (χ1) is 8.58. The summed E-state index contributed by atoms with van der Waals surface area (Å²) >= 11 is 0. The number of hydrogen-bond donors (Lipinski definition) is 1. The molecular formula is C12H13F2NO2S. The van der Waals surface area contributed by atoms with Crippen LogP contribution in [0.5, 0.6) is 0 Å². The highest BCUT2D eigenvalue weighted by Crippen LogP contribution is 2.14. The molecule has 0 unspecified atom stereocenters. The largest absolute Gasteiger partial charge is 0.349 e. The Morgan fingerprint density at radius 2 is 1.94 bits per heavy atom. The van der Waals surface area contributed by atoms with Crippen molar-refractivity contribution in [2.75, 3.05) is 11.5 Å². The lowest BCUT2D eigenvalue weighted by atomic mass is 10.1. The summed E-state index contributed by atoms with van der Waals surface area (Å²) in [5.74, 6) is -1.71. The molecule has 1 N–H and O–H groups in total. The third kappa shape index (κ3) is 2.93. The van der Waals surface area contributed by atoms with E-state index < -0.39 is 28.3 Å². The van der Waals surface area contributed by atoms with Crippen LogP contribution in [0, 0.1) is 11.6 Å². The van der Waals surface area contributed by atoms with Gasteiger partial charge in [-0.3, -0.25) is 9.00 Å². The fourth-order valence-corrected chi connectivity index (χ4v) is 3.18. The summed E-state index contributed by atoms with van der Waals surface area (Å²) in [5.41, 5.74) is -0.290. The van der Waals surface area contributed by atoms with Crippen LogP contribution in [-0.2, 0) is 10.8 Å². The van der Waals surface area contributed by atoms with Crippen LogP contribution in [0.15, 0.2) is 18.2 Å². The first-order valence-electron chi connectivity index (χ1n) is 5.68. The highest BCUT2D eigenvalue weighted by molar-refractivity contribution is 7.85. The van der Waals surface area contributed by atoms with Gasteiger partial charge in [0.1, 0.15) is 0 Å². The lowest BCUT2D eigenvalue weighted by Gasteiger charge is -2.22. The van der Waals surface area contributed by atoms with E-state index in [-0.39, 0.29) is 11.6 Å². The molecular weight excluding hydrogens is 260 g/mol. The molecule has 1 aromatic carbocycles. The lowest BCUT2D eigenvalue weighted by molar-refractivity contribution is 0.0929. The van der Waals surface area contributed by atoms with Gasteiger partial charge in [-0.25, -0.2) is 8.78 Å². The molecule has 18 heavy (non-hydrogen) atoms. The number of hydrogen-bond acceptors (Lipinski definition) is 2. The normalized spacial score (nSPS) is 23.7. The molecule has 1 aromatic rings. The summed E-state index contributed by atoms with van der Waals surface area (Å²) in [5, 5.41) is 2.64. The molecule has 1 heterocycles. The molecule has 98 valence electrons. The minimum absolute atomic E-state index is 0.113. The van der Waals surface area contributed by atoms with Gasteiger partial charge in [-0.2, -0.15) is 0 Å². The molecule has 1 aliphatic heterocycles. The van der Waals surface area contributed by atoms with Gasteiger partial charge >= 0.3 is 0 Å². The zero-order valence-electron chi connectivity index (χ0n) is 9.62. The Morgan fingerprint density at radius 3 is 2.61 bits per heavy atom. The summed E-state index contributed by atoms with van der Waals surface area (Å²) < 4.78 is 37.5. The maximum absolute atomic E-state index is 13.4. The maximum atomic E-state index is 13.4. The Morgan fingerprint density at radius 1 is 1.28 bits per heavy atom. The molecule has 0 aliphatic carbocycles. The van der Waals surface area contributed by atoms with Crippen LogP contribution >= 0.6 is 0 Å². The SMILES string of the molecule is O=C(NC1CCS(=O)CC1)c1cccc(F)c1F. The second kappa shape index (κ2) is 5.56. The van der Waals surface area contributed by atoms with Crippen molar-refractivity contribution < 1.29 is 17.8 Å². The number of benzene rings is 1. The van der Waals surface area contributed by atoms with Crippen LogP contribution in [-0.4, -0.2) is 27.7 Å². The Kier molecular flexibility index (Phi) is 4.06. The highest BCUT2D eigenvalue weighted by atomic mass is 32.2. The number of nitrogens with one attached hydrogen (secondary N) is 1. The standard InChI is InChI=1S/C12H13F2NO2S/c13-10-3-1-2-9(11(10)14)12(16)15-8-4-6-18(17)7-5-8/h1-3,8H,4-7H2,(H,15,16). The van der Waals surface area contributed by atoms with Gasteiger partial charge < -0.3 is 5.32 Å². The maximum Gasteiger partial charge on any atom is 0.254 e. The topological polar surface area (TPSA) is 46.2 Å². The second-order valence-electron chi connectivity index (χ2n) is 4.20. The van der Waals surface area contributed by atoms with E-state index in [4.69, 9.17) is 0 Å². The van der Waals surface area contributed by atoms with E-state index in [2.05, 4.69) is 5.32 Å². The molecule has 0 aromatic heterocycles. The average molecular weight is 273 g/mol. The van der Waals surface area contributed by atoms with Crippen LogP contribution < -0.4 is 5.32 Å². The number of halogens is 2. The van der Waals surface area contributed by atoms with Gasteiger partial charge in [0.05, 0.1) is 5.56 Å². The summed E-state index contributed by atoms with van der Waals surface area (Å²) in [6.45, 7) is 0. The number of amides is 1. The summed E-state index contributed by atoms with van der Waals surface area (Å²) in [6.07, 6.45) is 1.21. The van der Waals surface area contributed by atoms with Crippen molar-refractivity contribution in [3.05, 3.63) is 35.4 Å². The predicted octanol–water partition coefficient (Wildman–Crippen LogP) is 1.61. The smallest absolute Gasteiger partial charge is 0.254 e. The van der Waals surface area contributed by atoms with E-state index in [1.54, 1.807) is 0 Å². The minimum atomic E-state index is -1.13. The Bertz CT molecular complexity index is 483. The number of carbonyl (C=O) groups excluding carboxylic acids is 1. The van der Waals surface area contributed by atoms with Crippen molar-refractivity contribution in [1.82, 2.24) is 5.32 Å². The zero-order chi connectivity index (χ0) is 13.1. The molecule has 0 bridgehead atoms. The molecule has 1 amide bonds. The van der Waals surface area contributed by atoms with Crippen LogP contribution in [0.2, 0.25) is 0 Å². The average Bonchev–Trinajstić information content (AvgIpc) is 2.35. The van der Waals surface area contributed by atoms with Crippen molar-refractivity contribution in [2.45, 2.75) is 18.9 Å². The molecule has 1 aliphatic rings. The number of rotatable bonds is 2. The van der Waals surface area contributed by atoms with E-state index in [0.29, 0.717) is 24.3 Å². The Balaban J connectivity index is 2.03. The Labute approximate surface area is 106 Å².